The fourth-order valence-corrected chi connectivity index (χ4v) is 3.18. The molecule has 2 aliphatic carbocycles. The van der Waals surface area contributed by atoms with Gasteiger partial charge in [0.1, 0.15) is 0 Å². The smallest absolute Gasteiger partial charge is 0.308 e. The van der Waals surface area contributed by atoms with Gasteiger partial charge in [0.25, 0.3) is 0 Å². The van der Waals surface area contributed by atoms with Crippen molar-refractivity contribution >= 4 is 5.97 Å². The molecule has 0 aromatic carbocycles. The van der Waals surface area contributed by atoms with Gasteiger partial charge in [0.05, 0.1) is 13.0 Å². The Labute approximate surface area is 79.7 Å². The molecule has 0 heterocycles. The largest absolute Gasteiger partial charge is 0.469 e. The number of carbonyl (C=O) groups is 1. The summed E-state index contributed by atoms with van der Waals surface area (Å²) in [5, 5.41) is 0. The second kappa shape index (κ2) is 3.69. The van der Waals surface area contributed by atoms with E-state index in [0.717, 1.165) is 12.3 Å². The van der Waals surface area contributed by atoms with Crippen molar-refractivity contribution in [1.29, 1.82) is 0 Å². The number of fused-ring (bicyclic) bond motifs is 1. The van der Waals surface area contributed by atoms with Crippen LogP contribution in [-0.2, 0) is 9.53 Å². The van der Waals surface area contributed by atoms with Crippen molar-refractivity contribution in [2.45, 2.75) is 38.5 Å². The first-order valence-corrected chi connectivity index (χ1v) is 5.40. The van der Waals surface area contributed by atoms with Gasteiger partial charge in [-0.2, -0.15) is 0 Å². The maximum Gasteiger partial charge on any atom is 0.308 e. The molecule has 0 unspecified atom stereocenters. The average Bonchev–Trinajstić information content (AvgIpc) is 2.60. The minimum atomic E-state index is 0.0365. The molecule has 0 amide bonds. The van der Waals surface area contributed by atoms with E-state index < -0.39 is 0 Å². The van der Waals surface area contributed by atoms with E-state index in [4.69, 9.17) is 4.74 Å². The third-order valence-electron chi connectivity index (χ3n) is 3.84. The minimum absolute atomic E-state index is 0.0365. The number of esters is 1. The zero-order chi connectivity index (χ0) is 9.26. The van der Waals surface area contributed by atoms with Gasteiger partial charge in [-0.05, 0) is 31.1 Å². The van der Waals surface area contributed by atoms with Crippen LogP contribution in [0.2, 0.25) is 0 Å². The number of hydrogen-bond donors (Lipinski definition) is 0. The molecule has 0 N–H and O–H groups in total. The van der Waals surface area contributed by atoms with Crippen LogP contribution in [0.4, 0.5) is 0 Å². The van der Waals surface area contributed by atoms with Crippen molar-refractivity contribution in [2.24, 2.45) is 17.8 Å². The quantitative estimate of drug-likeness (QED) is 0.582. The predicted octanol–water partition coefficient (Wildman–Crippen LogP) is 2.38. The molecule has 0 radical (unpaired) electrons. The molecule has 2 nitrogen and oxygen atoms in total. The summed E-state index contributed by atoms with van der Waals surface area (Å²) in [7, 11) is 1.51. The van der Waals surface area contributed by atoms with Crippen molar-refractivity contribution in [3.05, 3.63) is 0 Å². The standard InChI is InChI=1S/C11H18O2/c1-13-11(12)10-7-6-8-4-2-3-5-9(8)10/h8-10H,2-7H2,1H3/t8-,9+,10-/m0/s1. The van der Waals surface area contributed by atoms with Crippen LogP contribution >= 0.6 is 0 Å². The summed E-state index contributed by atoms with van der Waals surface area (Å²) >= 11 is 0. The number of hydrogen-bond acceptors (Lipinski definition) is 2. The fraction of sp³-hybridized carbons (Fsp3) is 0.909. The predicted molar refractivity (Wildman–Crippen MR) is 50.2 cm³/mol. The van der Waals surface area contributed by atoms with Crippen LogP contribution in [0.15, 0.2) is 0 Å². The van der Waals surface area contributed by atoms with Gasteiger partial charge in [0.15, 0.2) is 0 Å². The van der Waals surface area contributed by atoms with E-state index in [-0.39, 0.29) is 11.9 Å². The third kappa shape index (κ3) is 1.59. The maximum absolute atomic E-state index is 11.4. The molecule has 0 aromatic rings. The molecular weight excluding hydrogens is 164 g/mol. The summed E-state index contributed by atoms with van der Waals surface area (Å²) in [6.07, 6.45) is 7.61. The molecule has 0 saturated heterocycles. The summed E-state index contributed by atoms with van der Waals surface area (Å²) in [5.41, 5.74) is 0. The SMILES string of the molecule is COC(=O)[C@H]1CC[C@@H]2CCCC[C@H]21. The van der Waals surface area contributed by atoms with Gasteiger partial charge in [-0.15, -0.1) is 0 Å². The summed E-state index contributed by atoms with van der Waals surface area (Å²) in [5.74, 6) is 1.75. The Morgan fingerprint density at radius 1 is 1.15 bits per heavy atom. The van der Waals surface area contributed by atoms with Crippen LogP contribution in [-0.4, -0.2) is 13.1 Å². The summed E-state index contributed by atoms with van der Waals surface area (Å²) < 4.78 is 4.84. The molecule has 2 saturated carbocycles. The highest BCUT2D eigenvalue weighted by Crippen LogP contribution is 2.46. The van der Waals surface area contributed by atoms with E-state index >= 15 is 0 Å². The Bertz CT molecular complexity index is 200. The van der Waals surface area contributed by atoms with E-state index in [1.807, 2.05) is 0 Å². The molecule has 0 spiro atoms. The van der Waals surface area contributed by atoms with Crippen molar-refractivity contribution in [3.8, 4) is 0 Å². The minimum Gasteiger partial charge on any atom is -0.469 e. The zero-order valence-corrected chi connectivity index (χ0v) is 8.29. The lowest BCUT2D eigenvalue weighted by atomic mass is 9.78. The molecule has 0 bridgehead atoms. The van der Waals surface area contributed by atoms with Gasteiger partial charge in [-0.1, -0.05) is 19.3 Å². The Kier molecular flexibility index (Phi) is 2.56. The molecule has 2 heteroatoms. The van der Waals surface area contributed by atoms with E-state index in [1.165, 1.54) is 39.2 Å². The number of ether oxygens (including phenoxy) is 1. The van der Waals surface area contributed by atoms with Gasteiger partial charge in [-0.3, -0.25) is 4.79 Å². The van der Waals surface area contributed by atoms with E-state index in [2.05, 4.69) is 0 Å². The second-order valence-electron chi connectivity index (χ2n) is 4.42. The van der Waals surface area contributed by atoms with Crippen LogP contribution < -0.4 is 0 Å². The normalized spacial score (nSPS) is 38.4. The highest BCUT2D eigenvalue weighted by Gasteiger charge is 2.41. The molecule has 74 valence electrons. The number of carbonyl (C=O) groups excluding carboxylic acids is 1. The van der Waals surface area contributed by atoms with Gasteiger partial charge in [-0.25, -0.2) is 0 Å². The van der Waals surface area contributed by atoms with Crippen molar-refractivity contribution in [3.63, 3.8) is 0 Å². The Morgan fingerprint density at radius 2 is 1.92 bits per heavy atom. The maximum atomic E-state index is 11.4. The van der Waals surface area contributed by atoms with Crippen LogP contribution in [0.25, 0.3) is 0 Å². The zero-order valence-electron chi connectivity index (χ0n) is 8.29. The lowest BCUT2D eigenvalue weighted by Crippen LogP contribution is -2.25. The van der Waals surface area contributed by atoms with E-state index in [1.54, 1.807) is 0 Å². The van der Waals surface area contributed by atoms with Crippen molar-refractivity contribution in [2.75, 3.05) is 7.11 Å². The Hall–Kier alpha value is -0.530. The Balaban J connectivity index is 2.02. The van der Waals surface area contributed by atoms with Crippen LogP contribution in [0.3, 0.4) is 0 Å². The topological polar surface area (TPSA) is 26.3 Å². The highest BCUT2D eigenvalue weighted by atomic mass is 16.5. The fourth-order valence-electron chi connectivity index (χ4n) is 3.18. The lowest BCUT2D eigenvalue weighted by molar-refractivity contribution is -0.147. The summed E-state index contributed by atoms with van der Waals surface area (Å²) in [4.78, 5) is 11.4. The van der Waals surface area contributed by atoms with Crippen LogP contribution in [0, 0.1) is 17.8 Å². The van der Waals surface area contributed by atoms with E-state index in [9.17, 15) is 4.79 Å². The molecule has 0 aromatic heterocycles. The molecule has 3 atom stereocenters. The van der Waals surface area contributed by atoms with Crippen molar-refractivity contribution in [1.82, 2.24) is 0 Å². The third-order valence-corrected chi connectivity index (χ3v) is 3.84. The van der Waals surface area contributed by atoms with Gasteiger partial charge < -0.3 is 4.74 Å². The number of methoxy groups -OCH3 is 1. The average molecular weight is 182 g/mol. The molecule has 13 heavy (non-hydrogen) atoms. The molecule has 0 aliphatic heterocycles. The molecule has 2 fully saturated rings. The number of rotatable bonds is 1. The first-order chi connectivity index (χ1) is 6.33. The lowest BCUT2D eigenvalue weighted by Gasteiger charge is -2.27. The second-order valence-corrected chi connectivity index (χ2v) is 4.42. The highest BCUT2D eigenvalue weighted by molar-refractivity contribution is 5.73. The van der Waals surface area contributed by atoms with Crippen LogP contribution in [0.5, 0.6) is 0 Å². The molecule has 2 rings (SSSR count). The van der Waals surface area contributed by atoms with Crippen LogP contribution in [0.1, 0.15) is 38.5 Å². The summed E-state index contributed by atoms with van der Waals surface area (Å²) in [6.45, 7) is 0. The molecular formula is C11H18O2. The monoisotopic (exact) mass is 182 g/mol. The van der Waals surface area contributed by atoms with Gasteiger partial charge in [0, 0.05) is 0 Å². The van der Waals surface area contributed by atoms with E-state index in [0.29, 0.717) is 5.92 Å². The van der Waals surface area contributed by atoms with Gasteiger partial charge >= 0.3 is 5.97 Å². The van der Waals surface area contributed by atoms with Crippen molar-refractivity contribution < 1.29 is 9.53 Å². The summed E-state index contributed by atoms with van der Waals surface area (Å²) in [6, 6.07) is 0. The first-order valence-electron chi connectivity index (χ1n) is 5.40. The molecule has 2 aliphatic rings. The first kappa shape index (κ1) is 9.04. The Morgan fingerprint density at radius 3 is 2.69 bits per heavy atom. The van der Waals surface area contributed by atoms with Gasteiger partial charge in [0.2, 0.25) is 0 Å².